The highest BCUT2D eigenvalue weighted by atomic mass is 19.4. The number of benzene rings is 2. The van der Waals surface area contributed by atoms with Gasteiger partial charge in [-0.2, -0.15) is 5.26 Å². The number of amides is 1. The molecule has 0 saturated heterocycles. The van der Waals surface area contributed by atoms with E-state index in [1.54, 1.807) is 11.6 Å². The summed E-state index contributed by atoms with van der Waals surface area (Å²) in [6.07, 6.45) is -4.70. The molecule has 0 unspecified atom stereocenters. The Morgan fingerprint density at radius 2 is 2.00 bits per heavy atom. The lowest BCUT2D eigenvalue weighted by molar-refractivity contribution is -0.274. The lowest BCUT2D eigenvalue weighted by Crippen LogP contribution is -2.16. The lowest BCUT2D eigenvalue weighted by Gasteiger charge is -2.12. The number of nitrogens with zero attached hydrogens (tertiary/aromatic N) is 3. The summed E-state index contributed by atoms with van der Waals surface area (Å²) in [5.41, 5.74) is 1.88. The minimum absolute atomic E-state index is 0.0479. The normalized spacial score (nSPS) is 11.2. The fraction of sp³-hybridized carbons (Fsp3) is 0.118. The summed E-state index contributed by atoms with van der Waals surface area (Å²) >= 11 is 0. The molecule has 0 radical (unpaired) electrons. The highest BCUT2D eigenvalue weighted by molar-refractivity contribution is 6.02. The van der Waals surface area contributed by atoms with Crippen molar-refractivity contribution in [2.75, 3.05) is 5.32 Å². The molecule has 0 saturated carbocycles. The van der Waals surface area contributed by atoms with Gasteiger partial charge in [0.25, 0.3) is 0 Å². The average molecular weight is 376 g/mol. The maximum atomic E-state index is 12.3. The molecule has 0 spiro atoms. The maximum Gasteiger partial charge on any atom is 0.573 e. The van der Waals surface area contributed by atoms with E-state index in [0.717, 1.165) is 12.1 Å². The molecule has 0 aliphatic heterocycles. The van der Waals surface area contributed by atoms with E-state index >= 15 is 0 Å². The van der Waals surface area contributed by atoms with Crippen LogP contribution in [0.4, 0.5) is 23.7 Å². The summed E-state index contributed by atoms with van der Waals surface area (Å²) in [6.45, 7) is 0. The third-order valence-corrected chi connectivity index (χ3v) is 3.74. The van der Waals surface area contributed by atoms with Crippen LogP contribution in [-0.2, 0) is 7.05 Å². The summed E-state index contributed by atoms with van der Waals surface area (Å²) in [5.74, 6) is -0.388. The van der Waals surface area contributed by atoms with E-state index in [4.69, 9.17) is 5.11 Å². The number of rotatable bonds is 3. The number of nitrogens with one attached hydrogen (secondary N) is 1. The Kier molecular flexibility index (Phi) is 4.37. The number of anilines is 1. The molecule has 2 N–H and O–H groups in total. The molecule has 1 amide bonds. The van der Waals surface area contributed by atoms with Gasteiger partial charge in [-0.05, 0) is 23.8 Å². The molecule has 10 heteroatoms. The first-order valence-electron chi connectivity index (χ1n) is 7.44. The molecule has 0 atom stereocenters. The number of fused-ring (bicyclic) bond motifs is 1. The van der Waals surface area contributed by atoms with Crippen molar-refractivity contribution < 1.29 is 27.8 Å². The average Bonchev–Trinajstić information content (AvgIpc) is 2.95. The second-order valence-corrected chi connectivity index (χ2v) is 5.51. The Morgan fingerprint density at radius 1 is 1.33 bits per heavy atom. The molecule has 1 aromatic heterocycles. The Labute approximate surface area is 150 Å². The Bertz CT molecular complexity index is 1070. The number of hydrogen-bond donors (Lipinski definition) is 2. The van der Waals surface area contributed by atoms with E-state index < -0.39 is 12.5 Å². The standard InChI is InChI=1S/C17H11F3N4O3/c1-24-8-22-14-11(6-13(23-16(25)26)12(7-21)15(14)24)9-2-4-10(5-3-9)27-17(18,19)20/h2-6,8,23H,1H3,(H,25,26). The van der Waals surface area contributed by atoms with Gasteiger partial charge in [-0.15, -0.1) is 13.2 Å². The molecule has 7 nitrogen and oxygen atoms in total. The first-order valence-corrected chi connectivity index (χ1v) is 7.44. The second-order valence-electron chi connectivity index (χ2n) is 5.51. The number of hydrogen-bond acceptors (Lipinski definition) is 4. The Morgan fingerprint density at radius 3 is 2.56 bits per heavy atom. The van der Waals surface area contributed by atoms with Crippen molar-refractivity contribution in [3.63, 3.8) is 0 Å². The van der Waals surface area contributed by atoms with Gasteiger partial charge in [0, 0.05) is 12.6 Å². The molecule has 0 aliphatic rings. The third-order valence-electron chi connectivity index (χ3n) is 3.74. The Balaban J connectivity index is 2.17. The van der Waals surface area contributed by atoms with Crippen molar-refractivity contribution in [2.45, 2.75) is 6.36 Å². The molecule has 138 valence electrons. The van der Waals surface area contributed by atoms with Crippen LogP contribution in [0, 0.1) is 11.3 Å². The topological polar surface area (TPSA) is 100 Å². The molecule has 0 fully saturated rings. The van der Waals surface area contributed by atoms with Gasteiger partial charge in [-0.3, -0.25) is 5.32 Å². The quantitative estimate of drug-likeness (QED) is 0.717. The van der Waals surface area contributed by atoms with Crippen molar-refractivity contribution >= 4 is 22.8 Å². The zero-order chi connectivity index (χ0) is 19.8. The fourth-order valence-electron chi connectivity index (χ4n) is 2.72. The summed E-state index contributed by atoms with van der Waals surface area (Å²) in [6, 6.07) is 8.43. The van der Waals surface area contributed by atoms with Crippen LogP contribution in [0.15, 0.2) is 36.7 Å². The summed E-state index contributed by atoms with van der Waals surface area (Å²) in [7, 11) is 1.64. The number of aryl methyl sites for hydroxylation is 1. The van der Waals surface area contributed by atoms with Gasteiger partial charge in [0.2, 0.25) is 0 Å². The first-order chi connectivity index (χ1) is 12.7. The van der Waals surface area contributed by atoms with Crippen molar-refractivity contribution in [1.82, 2.24) is 9.55 Å². The van der Waals surface area contributed by atoms with Gasteiger partial charge in [0.15, 0.2) is 0 Å². The van der Waals surface area contributed by atoms with Crippen LogP contribution in [-0.4, -0.2) is 27.1 Å². The van der Waals surface area contributed by atoms with E-state index in [1.807, 2.05) is 6.07 Å². The Hall–Kier alpha value is -3.74. The maximum absolute atomic E-state index is 12.3. The molecule has 2 aromatic carbocycles. The van der Waals surface area contributed by atoms with Crippen molar-refractivity contribution in [3.05, 3.63) is 42.2 Å². The molecule has 27 heavy (non-hydrogen) atoms. The summed E-state index contributed by atoms with van der Waals surface area (Å²) in [4.78, 5) is 15.3. The van der Waals surface area contributed by atoms with E-state index in [0.29, 0.717) is 22.2 Å². The van der Waals surface area contributed by atoms with Gasteiger partial charge in [-0.1, -0.05) is 12.1 Å². The van der Waals surface area contributed by atoms with Crippen LogP contribution >= 0.6 is 0 Å². The van der Waals surface area contributed by atoms with Crippen LogP contribution in [0.1, 0.15) is 5.56 Å². The largest absolute Gasteiger partial charge is 0.573 e. The van der Waals surface area contributed by atoms with E-state index in [9.17, 15) is 23.2 Å². The van der Waals surface area contributed by atoms with Gasteiger partial charge in [0.05, 0.1) is 23.0 Å². The molecule has 1 heterocycles. The molecular weight excluding hydrogens is 365 g/mol. The minimum atomic E-state index is -4.80. The van der Waals surface area contributed by atoms with Crippen LogP contribution in [0.3, 0.4) is 0 Å². The van der Waals surface area contributed by atoms with Gasteiger partial charge in [-0.25, -0.2) is 9.78 Å². The van der Waals surface area contributed by atoms with E-state index in [-0.39, 0.29) is 17.0 Å². The van der Waals surface area contributed by atoms with Gasteiger partial charge in [0.1, 0.15) is 17.4 Å². The lowest BCUT2D eigenvalue weighted by atomic mass is 10.00. The first kappa shape index (κ1) is 18.1. The third kappa shape index (κ3) is 3.62. The van der Waals surface area contributed by atoms with Gasteiger partial charge >= 0.3 is 12.5 Å². The number of halogens is 3. The molecule has 0 aliphatic carbocycles. The minimum Gasteiger partial charge on any atom is -0.465 e. The highest BCUT2D eigenvalue weighted by Gasteiger charge is 2.31. The fourth-order valence-corrected chi connectivity index (χ4v) is 2.72. The monoisotopic (exact) mass is 376 g/mol. The van der Waals surface area contributed by atoms with Crippen molar-refractivity contribution in [1.29, 1.82) is 5.26 Å². The zero-order valence-electron chi connectivity index (χ0n) is 13.7. The highest BCUT2D eigenvalue weighted by Crippen LogP contribution is 2.35. The predicted octanol–water partition coefficient (Wildman–Crippen LogP) is 4.10. The van der Waals surface area contributed by atoms with E-state index in [1.165, 1.54) is 24.5 Å². The van der Waals surface area contributed by atoms with Crippen LogP contribution in [0.2, 0.25) is 0 Å². The molecular formula is C17H11F3N4O3. The SMILES string of the molecule is Cn1cnc2c(-c3ccc(OC(F)(F)F)cc3)cc(NC(=O)O)c(C#N)c21. The number of alkyl halides is 3. The smallest absolute Gasteiger partial charge is 0.465 e. The van der Waals surface area contributed by atoms with Crippen LogP contribution < -0.4 is 10.1 Å². The molecule has 3 rings (SSSR count). The number of ether oxygens (including phenoxy) is 1. The predicted molar refractivity (Wildman–Crippen MR) is 89.2 cm³/mol. The van der Waals surface area contributed by atoms with Crippen LogP contribution in [0.5, 0.6) is 5.75 Å². The summed E-state index contributed by atoms with van der Waals surface area (Å²) < 4.78 is 42.3. The number of carbonyl (C=O) groups is 1. The van der Waals surface area contributed by atoms with Crippen molar-refractivity contribution in [3.8, 4) is 22.9 Å². The molecule has 3 aromatic rings. The number of imidazole rings is 1. The summed E-state index contributed by atoms with van der Waals surface area (Å²) in [5, 5.41) is 20.6. The van der Waals surface area contributed by atoms with Crippen molar-refractivity contribution in [2.24, 2.45) is 7.05 Å². The number of aromatic nitrogens is 2. The zero-order valence-corrected chi connectivity index (χ0v) is 13.7. The molecule has 0 bridgehead atoms. The van der Waals surface area contributed by atoms with Crippen LogP contribution in [0.25, 0.3) is 22.2 Å². The second kappa shape index (κ2) is 6.53. The van der Waals surface area contributed by atoms with E-state index in [2.05, 4.69) is 15.0 Å². The van der Waals surface area contributed by atoms with Gasteiger partial charge < -0.3 is 14.4 Å². The number of nitriles is 1. The number of carboxylic acid groups (broad SMARTS) is 1.